The van der Waals surface area contributed by atoms with Gasteiger partial charge >= 0.3 is 0 Å². The molecule has 0 aliphatic heterocycles. The fourth-order valence-electron chi connectivity index (χ4n) is 3.36. The van der Waals surface area contributed by atoms with Gasteiger partial charge in [-0.05, 0) is 69.1 Å². The average Bonchev–Trinajstić information content (AvgIpc) is 2.86. The van der Waals surface area contributed by atoms with Crippen molar-refractivity contribution in [1.29, 1.82) is 0 Å². The maximum absolute atomic E-state index is 9.64. The summed E-state index contributed by atoms with van der Waals surface area (Å²) in [5.74, 6) is 3.74. The summed E-state index contributed by atoms with van der Waals surface area (Å²) in [5.41, 5.74) is -0.440. The van der Waals surface area contributed by atoms with Crippen LogP contribution in [0.1, 0.15) is 93.4 Å². The van der Waals surface area contributed by atoms with Gasteiger partial charge in [-0.15, -0.1) is 0 Å². The molecule has 0 saturated heterocycles. The van der Waals surface area contributed by atoms with E-state index in [1.165, 1.54) is 44.9 Å². The molecule has 0 radical (unpaired) electrons. The van der Waals surface area contributed by atoms with Crippen LogP contribution in [0.5, 0.6) is 0 Å². The number of aliphatic hydroxyl groups excluding tert-OH is 1. The van der Waals surface area contributed by atoms with Gasteiger partial charge < -0.3 is 10.2 Å². The first-order chi connectivity index (χ1) is 10.6. The first-order valence-corrected chi connectivity index (χ1v) is 9.89. The van der Waals surface area contributed by atoms with Gasteiger partial charge in [-0.1, -0.05) is 53.9 Å². The van der Waals surface area contributed by atoms with Gasteiger partial charge in [0.05, 0.1) is 5.60 Å². The van der Waals surface area contributed by atoms with Crippen molar-refractivity contribution < 1.29 is 10.2 Å². The predicted octanol–water partition coefficient (Wildman–Crippen LogP) is 5.66. The summed E-state index contributed by atoms with van der Waals surface area (Å²) >= 11 is 0. The second kappa shape index (κ2) is 11.5. The van der Waals surface area contributed by atoms with Gasteiger partial charge in [0.25, 0.3) is 0 Å². The van der Waals surface area contributed by atoms with Gasteiger partial charge in [-0.25, -0.2) is 0 Å². The molecule has 0 aromatic heterocycles. The Labute approximate surface area is 146 Å². The monoisotopic (exact) mass is 328 g/mol. The van der Waals surface area contributed by atoms with Crippen molar-refractivity contribution in [3.63, 3.8) is 0 Å². The maximum atomic E-state index is 9.64. The Kier molecular flexibility index (Phi) is 11.4. The molecule has 2 atom stereocenters. The molecule has 2 saturated carbocycles. The third-order valence-corrected chi connectivity index (χ3v) is 5.09. The van der Waals surface area contributed by atoms with Crippen LogP contribution >= 0.6 is 0 Å². The fraction of sp³-hybridized carbons (Fsp3) is 1.00. The molecular formula is C21H44O2. The molecule has 1 unspecified atom stereocenters. The molecule has 23 heavy (non-hydrogen) atoms. The second-order valence-electron chi connectivity index (χ2n) is 9.31. The van der Waals surface area contributed by atoms with Gasteiger partial charge in [0.15, 0.2) is 0 Å². The average molecular weight is 329 g/mol. The van der Waals surface area contributed by atoms with E-state index in [4.69, 9.17) is 5.11 Å². The number of hydrogen-bond acceptors (Lipinski definition) is 2. The molecular weight excluding hydrogens is 284 g/mol. The van der Waals surface area contributed by atoms with E-state index in [0.29, 0.717) is 18.4 Å². The second-order valence-corrected chi connectivity index (χ2v) is 9.31. The van der Waals surface area contributed by atoms with E-state index < -0.39 is 5.60 Å². The largest absolute Gasteiger partial charge is 0.396 e. The van der Waals surface area contributed by atoms with Crippen LogP contribution in [-0.4, -0.2) is 22.4 Å². The standard InChI is InChI=1S/C9H18O.C8H16O.C4H10/c1-7-4-5-8(6-7)9(2,3)10;1-7-2-4-8(6-9)5-3-7;1-4(2)3/h7-8,10H,4-6H2,1-3H3;7-9H,2-6H2,1H3;4H,1-3H3/t7-,8?;;/m0../s1. The Bertz CT molecular complexity index is 269. The summed E-state index contributed by atoms with van der Waals surface area (Å²) in [5, 5.41) is 18.4. The molecule has 140 valence electrons. The molecule has 2 nitrogen and oxygen atoms in total. The molecule has 0 aromatic rings. The van der Waals surface area contributed by atoms with Crippen LogP contribution in [-0.2, 0) is 0 Å². The number of rotatable bonds is 2. The first kappa shape index (κ1) is 22.9. The molecule has 0 amide bonds. The summed E-state index contributed by atoms with van der Waals surface area (Å²) in [6, 6.07) is 0. The Morgan fingerprint density at radius 1 is 0.870 bits per heavy atom. The van der Waals surface area contributed by atoms with Crippen molar-refractivity contribution in [3.05, 3.63) is 0 Å². The minimum atomic E-state index is -0.440. The van der Waals surface area contributed by atoms with E-state index in [2.05, 4.69) is 34.6 Å². The highest BCUT2D eigenvalue weighted by Gasteiger charge is 2.32. The van der Waals surface area contributed by atoms with Crippen LogP contribution in [0.4, 0.5) is 0 Å². The lowest BCUT2D eigenvalue weighted by Gasteiger charge is -2.25. The van der Waals surface area contributed by atoms with Crippen molar-refractivity contribution >= 4 is 0 Å². The van der Waals surface area contributed by atoms with Crippen LogP contribution in [0.25, 0.3) is 0 Å². The quantitative estimate of drug-likeness (QED) is 0.686. The molecule has 0 spiro atoms. The first-order valence-electron chi connectivity index (χ1n) is 9.89. The van der Waals surface area contributed by atoms with Gasteiger partial charge in [-0.3, -0.25) is 0 Å². The lowest BCUT2D eigenvalue weighted by Crippen LogP contribution is -2.28. The third kappa shape index (κ3) is 12.0. The summed E-state index contributed by atoms with van der Waals surface area (Å²) in [7, 11) is 0. The molecule has 2 heteroatoms. The zero-order valence-electron chi connectivity index (χ0n) is 16.9. The van der Waals surface area contributed by atoms with Crippen LogP contribution in [0.2, 0.25) is 0 Å². The highest BCUT2D eigenvalue weighted by Crippen LogP contribution is 2.37. The van der Waals surface area contributed by atoms with Crippen LogP contribution in [0.3, 0.4) is 0 Å². The van der Waals surface area contributed by atoms with Crippen molar-refractivity contribution in [2.45, 2.75) is 99.0 Å². The zero-order valence-corrected chi connectivity index (χ0v) is 16.9. The number of hydrogen-bond donors (Lipinski definition) is 2. The maximum Gasteiger partial charge on any atom is 0.0619 e. The highest BCUT2D eigenvalue weighted by molar-refractivity contribution is 4.83. The molecule has 2 aliphatic rings. The van der Waals surface area contributed by atoms with Crippen molar-refractivity contribution in [2.75, 3.05) is 6.61 Å². The fourth-order valence-corrected chi connectivity index (χ4v) is 3.36. The van der Waals surface area contributed by atoms with Crippen molar-refractivity contribution in [1.82, 2.24) is 0 Å². The van der Waals surface area contributed by atoms with E-state index in [0.717, 1.165) is 17.8 Å². The topological polar surface area (TPSA) is 40.5 Å². The smallest absolute Gasteiger partial charge is 0.0619 e. The van der Waals surface area contributed by atoms with Crippen LogP contribution in [0.15, 0.2) is 0 Å². The predicted molar refractivity (Wildman–Crippen MR) is 102 cm³/mol. The SMILES string of the molecule is CC(C)C.CC1CCC(CO)CC1.C[C@H]1CCC(C(C)(C)O)C1. The minimum absolute atomic E-state index is 0.409. The van der Waals surface area contributed by atoms with Gasteiger partial charge in [0, 0.05) is 6.61 Å². The van der Waals surface area contributed by atoms with Crippen molar-refractivity contribution in [2.24, 2.45) is 29.6 Å². The van der Waals surface area contributed by atoms with E-state index in [9.17, 15) is 5.11 Å². The van der Waals surface area contributed by atoms with Gasteiger partial charge in [-0.2, -0.15) is 0 Å². The molecule has 2 aliphatic carbocycles. The molecule has 0 bridgehead atoms. The summed E-state index contributed by atoms with van der Waals surface area (Å²) in [6.45, 7) is 15.3. The summed E-state index contributed by atoms with van der Waals surface area (Å²) in [6.07, 6.45) is 8.87. The Hall–Kier alpha value is -0.0800. The molecule has 2 N–H and O–H groups in total. The minimum Gasteiger partial charge on any atom is -0.396 e. The van der Waals surface area contributed by atoms with Gasteiger partial charge in [0.2, 0.25) is 0 Å². The van der Waals surface area contributed by atoms with E-state index in [-0.39, 0.29) is 0 Å². The Morgan fingerprint density at radius 3 is 1.57 bits per heavy atom. The third-order valence-electron chi connectivity index (χ3n) is 5.09. The van der Waals surface area contributed by atoms with E-state index >= 15 is 0 Å². The zero-order chi connectivity index (χ0) is 18.0. The molecule has 2 fully saturated rings. The Balaban J connectivity index is 0.000000345. The number of aliphatic hydroxyl groups is 2. The highest BCUT2D eigenvalue weighted by atomic mass is 16.3. The molecule has 2 rings (SSSR count). The van der Waals surface area contributed by atoms with Crippen molar-refractivity contribution in [3.8, 4) is 0 Å². The van der Waals surface area contributed by atoms with Crippen LogP contribution in [0, 0.1) is 29.6 Å². The van der Waals surface area contributed by atoms with E-state index in [1.54, 1.807) is 0 Å². The Morgan fingerprint density at radius 2 is 1.30 bits per heavy atom. The normalized spacial score (nSPS) is 31.0. The molecule has 0 heterocycles. The van der Waals surface area contributed by atoms with E-state index in [1.807, 2.05) is 13.8 Å². The lowest BCUT2D eigenvalue weighted by atomic mass is 9.84. The lowest BCUT2D eigenvalue weighted by molar-refractivity contribution is 0.0186. The van der Waals surface area contributed by atoms with Gasteiger partial charge in [0.1, 0.15) is 0 Å². The summed E-state index contributed by atoms with van der Waals surface area (Å²) in [4.78, 5) is 0. The summed E-state index contributed by atoms with van der Waals surface area (Å²) < 4.78 is 0. The molecule has 0 aromatic carbocycles. The van der Waals surface area contributed by atoms with Crippen LogP contribution < -0.4 is 0 Å².